The minimum absolute atomic E-state index is 0.0922. The van der Waals surface area contributed by atoms with Crippen molar-refractivity contribution < 1.29 is 5.11 Å². The minimum Gasteiger partial charge on any atom is -0.393 e. The van der Waals surface area contributed by atoms with E-state index in [0.29, 0.717) is 11.8 Å². The van der Waals surface area contributed by atoms with Gasteiger partial charge >= 0.3 is 0 Å². The monoisotopic (exact) mass is 154 g/mol. The van der Waals surface area contributed by atoms with Gasteiger partial charge in [-0.2, -0.15) is 0 Å². The van der Waals surface area contributed by atoms with Gasteiger partial charge < -0.3 is 5.11 Å². The number of allylic oxidation sites excluding steroid dienone is 1. The summed E-state index contributed by atoms with van der Waals surface area (Å²) in [6.07, 6.45) is 3.26. The lowest BCUT2D eigenvalue weighted by molar-refractivity contribution is 0.0538. The number of aliphatic hydroxyl groups excluding tert-OH is 1. The molecule has 1 N–H and O–H groups in total. The largest absolute Gasteiger partial charge is 0.393 e. The summed E-state index contributed by atoms with van der Waals surface area (Å²) in [6, 6.07) is 0. The Hall–Kier alpha value is -0.300. The van der Waals surface area contributed by atoms with Crippen LogP contribution >= 0.6 is 0 Å². The molecule has 1 aliphatic carbocycles. The molecule has 0 spiro atoms. The molecule has 64 valence electrons. The highest BCUT2D eigenvalue weighted by molar-refractivity contribution is 5.01. The van der Waals surface area contributed by atoms with Crippen LogP contribution in [0.3, 0.4) is 0 Å². The van der Waals surface area contributed by atoms with Crippen LogP contribution in [0.1, 0.15) is 33.1 Å². The Morgan fingerprint density at radius 3 is 2.55 bits per heavy atom. The molecule has 1 rings (SSSR count). The molecule has 11 heavy (non-hydrogen) atoms. The van der Waals surface area contributed by atoms with Gasteiger partial charge in [0.1, 0.15) is 0 Å². The molecule has 0 aliphatic heterocycles. The lowest BCUT2D eigenvalue weighted by Crippen LogP contribution is -2.30. The standard InChI is InChI=1S/C10H18O/c1-7(2)9-5-4-6-10(11)8(9)3/h8-11H,1,4-6H2,2-3H3/t8-,9+,10+/m0/s1. The molecule has 1 aliphatic rings. The molecule has 0 aromatic rings. The van der Waals surface area contributed by atoms with Crippen LogP contribution in [0.25, 0.3) is 0 Å². The van der Waals surface area contributed by atoms with Gasteiger partial charge in [-0.25, -0.2) is 0 Å². The molecular formula is C10H18O. The first-order valence-corrected chi connectivity index (χ1v) is 4.46. The molecular weight excluding hydrogens is 136 g/mol. The van der Waals surface area contributed by atoms with E-state index in [9.17, 15) is 5.11 Å². The van der Waals surface area contributed by atoms with Gasteiger partial charge in [-0.05, 0) is 31.6 Å². The van der Waals surface area contributed by atoms with Gasteiger partial charge in [0.15, 0.2) is 0 Å². The van der Waals surface area contributed by atoms with Crippen LogP contribution in [-0.4, -0.2) is 11.2 Å². The van der Waals surface area contributed by atoms with Crippen molar-refractivity contribution in [1.29, 1.82) is 0 Å². The average molecular weight is 154 g/mol. The zero-order valence-electron chi connectivity index (χ0n) is 7.51. The van der Waals surface area contributed by atoms with Gasteiger partial charge in [0.2, 0.25) is 0 Å². The molecule has 0 unspecified atom stereocenters. The van der Waals surface area contributed by atoms with E-state index >= 15 is 0 Å². The van der Waals surface area contributed by atoms with Crippen LogP contribution in [0.5, 0.6) is 0 Å². The lowest BCUT2D eigenvalue weighted by Gasteiger charge is -2.33. The zero-order valence-corrected chi connectivity index (χ0v) is 7.51. The molecule has 1 saturated carbocycles. The maximum absolute atomic E-state index is 9.56. The number of aliphatic hydroxyl groups is 1. The first-order valence-electron chi connectivity index (χ1n) is 4.46. The highest BCUT2D eigenvalue weighted by Gasteiger charge is 2.28. The van der Waals surface area contributed by atoms with E-state index in [0.717, 1.165) is 12.8 Å². The quantitative estimate of drug-likeness (QED) is 0.575. The minimum atomic E-state index is -0.0922. The summed E-state index contributed by atoms with van der Waals surface area (Å²) in [5.74, 6) is 0.972. The summed E-state index contributed by atoms with van der Waals surface area (Å²) >= 11 is 0. The first kappa shape index (κ1) is 8.79. The smallest absolute Gasteiger partial charge is 0.0571 e. The molecule has 1 heteroatoms. The Labute approximate surface area is 69.1 Å². The molecule has 0 saturated heterocycles. The second-order valence-corrected chi connectivity index (χ2v) is 3.81. The summed E-state index contributed by atoms with van der Waals surface area (Å²) in [7, 11) is 0. The molecule has 0 amide bonds. The highest BCUT2D eigenvalue weighted by Crippen LogP contribution is 2.33. The summed E-state index contributed by atoms with van der Waals surface area (Å²) in [5, 5.41) is 9.56. The van der Waals surface area contributed by atoms with Crippen LogP contribution in [0, 0.1) is 11.8 Å². The molecule has 0 aromatic heterocycles. The van der Waals surface area contributed by atoms with E-state index in [2.05, 4.69) is 20.4 Å². The third-order valence-corrected chi connectivity index (χ3v) is 2.89. The van der Waals surface area contributed by atoms with Crippen LogP contribution < -0.4 is 0 Å². The van der Waals surface area contributed by atoms with Crippen LogP contribution in [0.2, 0.25) is 0 Å². The van der Waals surface area contributed by atoms with Crippen LogP contribution in [0.15, 0.2) is 12.2 Å². The van der Waals surface area contributed by atoms with E-state index in [1.54, 1.807) is 0 Å². The number of hydrogen-bond donors (Lipinski definition) is 1. The second kappa shape index (κ2) is 3.40. The Kier molecular flexibility index (Phi) is 2.72. The second-order valence-electron chi connectivity index (χ2n) is 3.81. The predicted octanol–water partition coefficient (Wildman–Crippen LogP) is 2.36. The molecule has 1 fully saturated rings. The fourth-order valence-electron chi connectivity index (χ4n) is 2.04. The fraction of sp³-hybridized carbons (Fsp3) is 0.800. The maximum atomic E-state index is 9.56. The van der Waals surface area contributed by atoms with Gasteiger partial charge in [-0.3, -0.25) is 0 Å². The predicted molar refractivity (Wildman–Crippen MR) is 47.3 cm³/mol. The third-order valence-electron chi connectivity index (χ3n) is 2.89. The van der Waals surface area contributed by atoms with Crippen molar-refractivity contribution in [2.45, 2.75) is 39.2 Å². The van der Waals surface area contributed by atoms with Gasteiger partial charge in [0.25, 0.3) is 0 Å². The van der Waals surface area contributed by atoms with Gasteiger partial charge in [-0.15, -0.1) is 0 Å². The number of rotatable bonds is 1. The molecule has 0 bridgehead atoms. The molecule has 0 aromatic carbocycles. The molecule has 0 radical (unpaired) electrons. The van der Waals surface area contributed by atoms with Crippen molar-refractivity contribution in [1.82, 2.24) is 0 Å². The third kappa shape index (κ3) is 1.84. The fourth-order valence-corrected chi connectivity index (χ4v) is 2.04. The molecule has 3 atom stereocenters. The first-order chi connectivity index (χ1) is 5.13. The maximum Gasteiger partial charge on any atom is 0.0571 e. The normalized spacial score (nSPS) is 38.6. The highest BCUT2D eigenvalue weighted by atomic mass is 16.3. The molecule has 0 heterocycles. The Morgan fingerprint density at radius 1 is 1.45 bits per heavy atom. The van der Waals surface area contributed by atoms with E-state index < -0.39 is 0 Å². The summed E-state index contributed by atoms with van der Waals surface area (Å²) in [5.41, 5.74) is 1.23. The van der Waals surface area contributed by atoms with Crippen molar-refractivity contribution in [2.75, 3.05) is 0 Å². The van der Waals surface area contributed by atoms with Crippen LogP contribution in [0.4, 0.5) is 0 Å². The van der Waals surface area contributed by atoms with Crippen molar-refractivity contribution >= 4 is 0 Å². The van der Waals surface area contributed by atoms with Crippen molar-refractivity contribution in [3.63, 3.8) is 0 Å². The summed E-state index contributed by atoms with van der Waals surface area (Å²) in [6.45, 7) is 8.15. The topological polar surface area (TPSA) is 20.2 Å². The van der Waals surface area contributed by atoms with Gasteiger partial charge in [0, 0.05) is 0 Å². The number of hydrogen-bond acceptors (Lipinski definition) is 1. The zero-order chi connectivity index (χ0) is 8.43. The van der Waals surface area contributed by atoms with E-state index in [1.165, 1.54) is 12.0 Å². The Morgan fingerprint density at radius 2 is 2.09 bits per heavy atom. The van der Waals surface area contributed by atoms with Crippen molar-refractivity contribution in [3.8, 4) is 0 Å². The van der Waals surface area contributed by atoms with Crippen molar-refractivity contribution in [3.05, 3.63) is 12.2 Å². The average Bonchev–Trinajstić information content (AvgIpc) is 1.94. The Balaban J connectivity index is 2.58. The van der Waals surface area contributed by atoms with E-state index in [4.69, 9.17) is 0 Å². The summed E-state index contributed by atoms with van der Waals surface area (Å²) < 4.78 is 0. The summed E-state index contributed by atoms with van der Waals surface area (Å²) in [4.78, 5) is 0. The van der Waals surface area contributed by atoms with Crippen molar-refractivity contribution in [2.24, 2.45) is 11.8 Å². The Bertz CT molecular complexity index is 151. The SMILES string of the molecule is C=C(C)[C@H]1CCC[C@@H](O)[C@H]1C. The van der Waals surface area contributed by atoms with Gasteiger partial charge in [0.05, 0.1) is 6.10 Å². The van der Waals surface area contributed by atoms with E-state index in [-0.39, 0.29) is 6.10 Å². The van der Waals surface area contributed by atoms with Crippen LogP contribution in [-0.2, 0) is 0 Å². The molecule has 1 nitrogen and oxygen atoms in total. The van der Waals surface area contributed by atoms with E-state index in [1.807, 2.05) is 0 Å². The van der Waals surface area contributed by atoms with Gasteiger partial charge in [-0.1, -0.05) is 25.5 Å². The lowest BCUT2D eigenvalue weighted by atomic mass is 9.75.